The number of hydrogen-bond donors (Lipinski definition) is 1. The molecule has 1 atom stereocenters. The van der Waals surface area contributed by atoms with Crippen molar-refractivity contribution in [2.24, 2.45) is 11.7 Å². The van der Waals surface area contributed by atoms with Gasteiger partial charge in [0.1, 0.15) is 0 Å². The SMILES string of the molecule is C=C(Cc1ccccc1)/C(=C\C(=C)/C(=C/N)CCCCC)C1C=C(C)CCC1. The van der Waals surface area contributed by atoms with E-state index in [1.54, 1.807) is 6.20 Å². The third-order valence-electron chi connectivity index (χ3n) is 5.63. The van der Waals surface area contributed by atoms with Gasteiger partial charge in [-0.25, -0.2) is 0 Å². The molecule has 0 radical (unpaired) electrons. The number of benzene rings is 1. The average Bonchev–Trinajstić information content (AvgIpc) is 2.70. The fourth-order valence-electron chi connectivity index (χ4n) is 3.97. The van der Waals surface area contributed by atoms with E-state index >= 15 is 0 Å². The van der Waals surface area contributed by atoms with E-state index in [1.165, 1.54) is 54.4 Å². The maximum atomic E-state index is 5.95. The van der Waals surface area contributed by atoms with Crippen molar-refractivity contribution < 1.29 is 0 Å². The molecule has 0 spiro atoms. The molecule has 1 aliphatic carbocycles. The van der Waals surface area contributed by atoms with Crippen LogP contribution in [0.25, 0.3) is 0 Å². The summed E-state index contributed by atoms with van der Waals surface area (Å²) in [6.45, 7) is 13.3. The number of hydrogen-bond acceptors (Lipinski definition) is 1. The molecule has 0 heterocycles. The normalized spacial score (nSPS) is 17.9. The molecular formula is C27H37N. The molecule has 0 fully saturated rings. The molecule has 1 unspecified atom stereocenters. The van der Waals surface area contributed by atoms with E-state index < -0.39 is 0 Å². The summed E-state index contributed by atoms with van der Waals surface area (Å²) in [7, 11) is 0. The monoisotopic (exact) mass is 375 g/mol. The van der Waals surface area contributed by atoms with E-state index in [-0.39, 0.29) is 0 Å². The Labute approximate surface area is 172 Å². The molecular weight excluding hydrogens is 338 g/mol. The summed E-state index contributed by atoms with van der Waals surface area (Å²) < 4.78 is 0. The molecule has 28 heavy (non-hydrogen) atoms. The minimum absolute atomic E-state index is 0.427. The zero-order valence-corrected chi connectivity index (χ0v) is 17.8. The first kappa shape index (κ1) is 22.0. The Balaban J connectivity index is 2.26. The number of rotatable bonds is 10. The maximum absolute atomic E-state index is 5.95. The Morgan fingerprint density at radius 1 is 1.18 bits per heavy atom. The van der Waals surface area contributed by atoms with Crippen LogP contribution in [0.5, 0.6) is 0 Å². The molecule has 0 aromatic heterocycles. The Morgan fingerprint density at radius 3 is 2.57 bits per heavy atom. The van der Waals surface area contributed by atoms with Crippen molar-refractivity contribution in [2.75, 3.05) is 0 Å². The highest BCUT2D eigenvalue weighted by Gasteiger charge is 2.19. The highest BCUT2D eigenvalue weighted by atomic mass is 14.5. The summed E-state index contributed by atoms with van der Waals surface area (Å²) in [5.41, 5.74) is 13.4. The topological polar surface area (TPSA) is 26.0 Å². The lowest BCUT2D eigenvalue weighted by Crippen LogP contribution is -2.10. The van der Waals surface area contributed by atoms with Crippen LogP contribution < -0.4 is 5.73 Å². The Hall–Kier alpha value is -2.28. The first-order valence-corrected chi connectivity index (χ1v) is 10.8. The first-order valence-electron chi connectivity index (χ1n) is 10.8. The van der Waals surface area contributed by atoms with Crippen LogP contribution in [0.2, 0.25) is 0 Å². The van der Waals surface area contributed by atoms with Gasteiger partial charge in [0, 0.05) is 5.92 Å². The van der Waals surface area contributed by atoms with Crippen molar-refractivity contribution in [1.29, 1.82) is 0 Å². The lowest BCUT2D eigenvalue weighted by Gasteiger charge is -2.25. The van der Waals surface area contributed by atoms with Crippen molar-refractivity contribution in [3.63, 3.8) is 0 Å². The van der Waals surface area contributed by atoms with Crippen molar-refractivity contribution in [3.8, 4) is 0 Å². The smallest absolute Gasteiger partial charge is 0.00235 e. The molecule has 0 bridgehead atoms. The van der Waals surface area contributed by atoms with E-state index in [2.05, 4.69) is 69.5 Å². The molecule has 1 aliphatic rings. The van der Waals surface area contributed by atoms with E-state index in [9.17, 15) is 0 Å². The highest BCUT2D eigenvalue weighted by molar-refractivity contribution is 5.47. The third kappa shape index (κ3) is 6.71. The van der Waals surface area contributed by atoms with Crippen molar-refractivity contribution >= 4 is 0 Å². The summed E-state index contributed by atoms with van der Waals surface area (Å²) in [6.07, 6.45) is 15.5. The molecule has 0 aliphatic heterocycles. The van der Waals surface area contributed by atoms with Crippen LogP contribution in [0.15, 0.2) is 89.7 Å². The Bertz CT molecular complexity index is 746. The molecule has 1 nitrogen and oxygen atoms in total. The molecule has 2 rings (SSSR count). The van der Waals surface area contributed by atoms with Gasteiger partial charge in [-0.3, -0.25) is 0 Å². The molecule has 0 saturated carbocycles. The van der Waals surface area contributed by atoms with Crippen molar-refractivity contribution in [1.82, 2.24) is 0 Å². The van der Waals surface area contributed by atoms with E-state index in [0.717, 1.165) is 30.4 Å². The van der Waals surface area contributed by atoms with Gasteiger partial charge in [0.15, 0.2) is 0 Å². The van der Waals surface area contributed by atoms with Gasteiger partial charge in [-0.05, 0) is 79.5 Å². The van der Waals surface area contributed by atoms with Crippen LogP contribution in [0.1, 0.15) is 64.4 Å². The zero-order valence-electron chi connectivity index (χ0n) is 17.8. The predicted octanol–water partition coefficient (Wildman–Crippen LogP) is 7.44. The molecule has 0 saturated heterocycles. The van der Waals surface area contributed by atoms with Crippen molar-refractivity contribution in [3.05, 3.63) is 95.3 Å². The molecule has 150 valence electrons. The van der Waals surface area contributed by atoms with Crippen molar-refractivity contribution in [2.45, 2.75) is 65.2 Å². The summed E-state index contributed by atoms with van der Waals surface area (Å²) in [4.78, 5) is 0. The van der Waals surface area contributed by atoms with Gasteiger partial charge < -0.3 is 5.73 Å². The number of allylic oxidation sites excluding steroid dienone is 7. The van der Waals surface area contributed by atoms with Gasteiger partial charge in [0.25, 0.3) is 0 Å². The second-order valence-corrected chi connectivity index (χ2v) is 8.05. The van der Waals surface area contributed by atoms with Gasteiger partial charge in [-0.2, -0.15) is 0 Å². The van der Waals surface area contributed by atoms with Crippen LogP contribution in [-0.4, -0.2) is 0 Å². The van der Waals surface area contributed by atoms with Crippen LogP contribution >= 0.6 is 0 Å². The number of unbranched alkanes of at least 4 members (excludes halogenated alkanes) is 2. The number of nitrogens with two attached hydrogens (primary N) is 1. The van der Waals surface area contributed by atoms with Crippen LogP contribution in [0.4, 0.5) is 0 Å². The minimum Gasteiger partial charge on any atom is -0.404 e. The van der Waals surface area contributed by atoms with Crippen LogP contribution in [-0.2, 0) is 6.42 Å². The Morgan fingerprint density at radius 2 is 1.93 bits per heavy atom. The average molecular weight is 376 g/mol. The molecule has 1 aromatic carbocycles. The van der Waals surface area contributed by atoms with E-state index in [1.807, 2.05) is 0 Å². The second-order valence-electron chi connectivity index (χ2n) is 8.05. The fraction of sp³-hybridized carbons (Fsp3) is 0.407. The fourth-order valence-corrected chi connectivity index (χ4v) is 3.97. The summed E-state index contributed by atoms with van der Waals surface area (Å²) >= 11 is 0. The molecule has 1 heteroatoms. The highest BCUT2D eigenvalue weighted by Crippen LogP contribution is 2.34. The molecule has 2 N–H and O–H groups in total. The van der Waals surface area contributed by atoms with Gasteiger partial charge in [-0.15, -0.1) is 0 Å². The lowest BCUT2D eigenvalue weighted by molar-refractivity contribution is 0.589. The largest absolute Gasteiger partial charge is 0.404 e. The van der Waals surface area contributed by atoms with Gasteiger partial charge in [0.05, 0.1) is 0 Å². The first-order chi connectivity index (χ1) is 13.5. The van der Waals surface area contributed by atoms with Crippen LogP contribution in [0, 0.1) is 5.92 Å². The predicted molar refractivity (Wildman–Crippen MR) is 124 cm³/mol. The third-order valence-corrected chi connectivity index (χ3v) is 5.63. The van der Waals surface area contributed by atoms with E-state index in [4.69, 9.17) is 5.73 Å². The van der Waals surface area contributed by atoms with Gasteiger partial charge in [-0.1, -0.05) is 81.0 Å². The van der Waals surface area contributed by atoms with Crippen LogP contribution in [0.3, 0.4) is 0 Å². The summed E-state index contributed by atoms with van der Waals surface area (Å²) in [5.74, 6) is 0.427. The standard InChI is InChI=1S/C27H37N/c1-5-6-8-15-26(20-28)22(3)19-27(25-16-11-12-21(2)17-25)23(4)18-24-13-9-7-10-14-24/h7,9-10,13-14,17,19-20,25H,3-6,8,11-12,15-16,18,28H2,1-2H3/b26-20+,27-19+. The zero-order chi connectivity index (χ0) is 20.4. The molecule has 0 amide bonds. The quantitative estimate of drug-likeness (QED) is 0.257. The minimum atomic E-state index is 0.427. The lowest BCUT2D eigenvalue weighted by atomic mass is 9.80. The van der Waals surface area contributed by atoms with Gasteiger partial charge in [0.2, 0.25) is 0 Å². The second kappa shape index (κ2) is 11.5. The Kier molecular flexibility index (Phi) is 9.07. The summed E-state index contributed by atoms with van der Waals surface area (Å²) in [6, 6.07) is 10.6. The van der Waals surface area contributed by atoms with E-state index in [0.29, 0.717) is 5.92 Å². The molecule has 1 aromatic rings. The van der Waals surface area contributed by atoms with Gasteiger partial charge >= 0.3 is 0 Å². The summed E-state index contributed by atoms with van der Waals surface area (Å²) in [5, 5.41) is 0. The maximum Gasteiger partial charge on any atom is 0.00235 e.